The number of fused-ring (bicyclic) bond motifs is 2. The summed E-state index contributed by atoms with van der Waals surface area (Å²) in [5, 5.41) is 3.75. The number of hydrogen-bond donors (Lipinski definition) is 1. The number of rotatable bonds is 0. The molecule has 1 N–H and O–H groups in total. The molecule has 2 nitrogen and oxygen atoms in total. The number of carbonyl (C=O) groups excluding carboxylic acids is 1. The molecule has 0 saturated carbocycles. The lowest BCUT2D eigenvalue weighted by Gasteiger charge is -2.34. The molecule has 4 heteroatoms. The van der Waals surface area contributed by atoms with E-state index in [0.29, 0.717) is 11.5 Å². The molecule has 0 bridgehead atoms. The monoisotopic (exact) mass is 269 g/mol. The highest BCUT2D eigenvalue weighted by molar-refractivity contribution is 6.33. The smallest absolute Gasteiger partial charge is 0.178 e. The Labute approximate surface area is 110 Å². The van der Waals surface area contributed by atoms with Gasteiger partial charge in [-0.15, -0.1) is 11.6 Å². The normalized spacial score (nSPS) is 35.9. The van der Waals surface area contributed by atoms with E-state index in [4.69, 9.17) is 23.2 Å². The minimum absolute atomic E-state index is 0.197. The SMILES string of the molecule is CC12NC3=C(CCCC3=O)C1=CC(Cl)=CC2Cl. The largest absolute Gasteiger partial charge is 0.371 e. The van der Waals surface area contributed by atoms with Crippen molar-refractivity contribution in [2.75, 3.05) is 0 Å². The predicted molar refractivity (Wildman–Crippen MR) is 69.1 cm³/mol. The number of Topliss-reactive ketones (excluding diaryl/α,β-unsaturated/α-hetero) is 1. The lowest BCUT2D eigenvalue weighted by atomic mass is 9.81. The standard InChI is InChI=1S/C13H13Cl2NO/c1-13-9(5-7(14)6-11(13)15)8-3-2-4-10(17)12(8)16-13/h5-6,11,16H,2-4H2,1H3. The minimum Gasteiger partial charge on any atom is -0.371 e. The summed E-state index contributed by atoms with van der Waals surface area (Å²) in [6.45, 7) is 2.03. The zero-order valence-electron chi connectivity index (χ0n) is 9.52. The molecule has 1 heterocycles. The van der Waals surface area contributed by atoms with Gasteiger partial charge in [0.15, 0.2) is 5.78 Å². The number of ketones is 1. The van der Waals surface area contributed by atoms with Gasteiger partial charge in [0, 0.05) is 11.5 Å². The highest BCUT2D eigenvalue weighted by Crippen LogP contribution is 2.46. The van der Waals surface area contributed by atoms with Crippen LogP contribution < -0.4 is 5.32 Å². The average molecular weight is 270 g/mol. The summed E-state index contributed by atoms with van der Waals surface area (Å²) in [5.41, 5.74) is 2.58. The van der Waals surface area contributed by atoms with Gasteiger partial charge in [-0.3, -0.25) is 4.79 Å². The zero-order valence-corrected chi connectivity index (χ0v) is 11.0. The van der Waals surface area contributed by atoms with Crippen molar-refractivity contribution in [3.8, 4) is 0 Å². The van der Waals surface area contributed by atoms with Crippen LogP contribution in [0.4, 0.5) is 0 Å². The first-order chi connectivity index (χ1) is 8.02. The van der Waals surface area contributed by atoms with Crippen LogP contribution in [0, 0.1) is 0 Å². The Morgan fingerprint density at radius 1 is 1.47 bits per heavy atom. The number of hydrogen-bond acceptors (Lipinski definition) is 2. The van der Waals surface area contributed by atoms with Crippen molar-refractivity contribution < 1.29 is 4.79 Å². The summed E-state index contributed by atoms with van der Waals surface area (Å²) < 4.78 is 0. The number of halogens is 2. The molecule has 0 aromatic heterocycles. The van der Waals surface area contributed by atoms with Gasteiger partial charge >= 0.3 is 0 Å². The second kappa shape index (κ2) is 3.63. The van der Waals surface area contributed by atoms with Crippen LogP contribution in [0.25, 0.3) is 0 Å². The van der Waals surface area contributed by atoms with Gasteiger partial charge in [-0.05, 0) is 43.1 Å². The number of carbonyl (C=O) groups is 1. The van der Waals surface area contributed by atoms with Gasteiger partial charge in [-0.2, -0.15) is 0 Å². The average Bonchev–Trinajstić information content (AvgIpc) is 2.56. The fourth-order valence-corrected chi connectivity index (χ4v) is 3.45. The summed E-state index contributed by atoms with van der Waals surface area (Å²) in [5.74, 6) is 0.197. The molecule has 0 saturated heterocycles. The van der Waals surface area contributed by atoms with E-state index in [1.165, 1.54) is 0 Å². The molecule has 0 spiro atoms. The minimum atomic E-state index is -0.384. The van der Waals surface area contributed by atoms with Gasteiger partial charge in [-0.1, -0.05) is 11.6 Å². The Morgan fingerprint density at radius 2 is 2.24 bits per heavy atom. The molecule has 0 radical (unpaired) electrons. The van der Waals surface area contributed by atoms with E-state index in [9.17, 15) is 4.79 Å². The Morgan fingerprint density at radius 3 is 3.00 bits per heavy atom. The predicted octanol–water partition coefficient (Wildman–Crippen LogP) is 3.03. The number of alkyl halides is 1. The Bertz CT molecular complexity index is 504. The molecule has 3 rings (SSSR count). The first-order valence-corrected chi connectivity index (χ1v) is 6.62. The maximum atomic E-state index is 11.9. The first-order valence-electron chi connectivity index (χ1n) is 5.81. The molecular formula is C13H13Cl2NO. The second-order valence-corrected chi connectivity index (χ2v) is 5.88. The van der Waals surface area contributed by atoms with Gasteiger partial charge in [-0.25, -0.2) is 0 Å². The van der Waals surface area contributed by atoms with Crippen LogP contribution in [0.5, 0.6) is 0 Å². The molecule has 0 aromatic carbocycles. The van der Waals surface area contributed by atoms with Crippen LogP contribution >= 0.6 is 23.2 Å². The quantitative estimate of drug-likeness (QED) is 0.685. The molecule has 0 aromatic rings. The number of nitrogens with one attached hydrogen (secondary N) is 1. The van der Waals surface area contributed by atoms with Gasteiger partial charge in [0.1, 0.15) is 0 Å². The number of allylic oxidation sites excluding steroid dienone is 3. The lowest BCUT2D eigenvalue weighted by molar-refractivity contribution is -0.116. The summed E-state index contributed by atoms with van der Waals surface area (Å²) in [4.78, 5) is 11.9. The van der Waals surface area contributed by atoms with Crippen molar-refractivity contribution in [2.45, 2.75) is 37.1 Å². The summed E-state index contributed by atoms with van der Waals surface area (Å²) in [6, 6.07) is 0. The van der Waals surface area contributed by atoms with Crippen LogP contribution in [0.15, 0.2) is 34.0 Å². The zero-order chi connectivity index (χ0) is 12.2. The van der Waals surface area contributed by atoms with E-state index in [1.54, 1.807) is 0 Å². The Balaban J connectivity index is 2.14. The van der Waals surface area contributed by atoms with Crippen molar-refractivity contribution in [2.24, 2.45) is 0 Å². The van der Waals surface area contributed by atoms with Crippen molar-refractivity contribution in [1.29, 1.82) is 0 Å². The van der Waals surface area contributed by atoms with Crippen LogP contribution in [-0.2, 0) is 4.79 Å². The van der Waals surface area contributed by atoms with E-state index in [2.05, 4.69) is 5.32 Å². The summed E-state index contributed by atoms with van der Waals surface area (Å²) >= 11 is 12.4. The second-order valence-electron chi connectivity index (χ2n) is 4.97. The van der Waals surface area contributed by atoms with Crippen molar-refractivity contribution in [3.05, 3.63) is 34.0 Å². The van der Waals surface area contributed by atoms with Crippen LogP contribution in [0.1, 0.15) is 26.2 Å². The van der Waals surface area contributed by atoms with Crippen LogP contribution in [0.3, 0.4) is 0 Å². The molecule has 2 unspecified atom stereocenters. The van der Waals surface area contributed by atoms with Crippen LogP contribution in [0.2, 0.25) is 0 Å². The third-order valence-corrected chi connectivity index (χ3v) is 4.62. The van der Waals surface area contributed by atoms with Gasteiger partial charge in [0.25, 0.3) is 0 Å². The molecule has 0 amide bonds. The molecule has 3 aliphatic rings. The molecule has 1 aliphatic heterocycles. The van der Waals surface area contributed by atoms with E-state index >= 15 is 0 Å². The highest BCUT2D eigenvalue weighted by atomic mass is 35.5. The summed E-state index contributed by atoms with van der Waals surface area (Å²) in [7, 11) is 0. The third kappa shape index (κ3) is 1.50. The molecular weight excluding hydrogens is 257 g/mol. The van der Waals surface area contributed by atoms with Gasteiger partial charge in [0.05, 0.1) is 16.6 Å². The van der Waals surface area contributed by atoms with Gasteiger partial charge in [0.2, 0.25) is 0 Å². The van der Waals surface area contributed by atoms with E-state index in [1.807, 2.05) is 19.1 Å². The molecule has 0 fully saturated rings. The third-order valence-electron chi connectivity index (χ3n) is 3.82. The van der Waals surface area contributed by atoms with Crippen LogP contribution in [-0.4, -0.2) is 16.7 Å². The van der Waals surface area contributed by atoms with Crippen molar-refractivity contribution >= 4 is 29.0 Å². The lowest BCUT2D eigenvalue weighted by Crippen LogP contribution is -2.48. The maximum absolute atomic E-state index is 11.9. The maximum Gasteiger partial charge on any atom is 0.178 e. The topological polar surface area (TPSA) is 29.1 Å². The molecule has 2 aliphatic carbocycles. The van der Waals surface area contributed by atoms with Gasteiger partial charge < -0.3 is 5.32 Å². The van der Waals surface area contributed by atoms with E-state index in [0.717, 1.165) is 29.7 Å². The Kier molecular flexibility index (Phi) is 2.43. The van der Waals surface area contributed by atoms with E-state index in [-0.39, 0.29) is 16.7 Å². The summed E-state index contributed by atoms with van der Waals surface area (Å²) in [6.07, 6.45) is 6.24. The molecule has 2 atom stereocenters. The van der Waals surface area contributed by atoms with E-state index < -0.39 is 0 Å². The molecule has 17 heavy (non-hydrogen) atoms. The molecule has 90 valence electrons. The highest BCUT2D eigenvalue weighted by Gasteiger charge is 2.47. The van der Waals surface area contributed by atoms with Crippen molar-refractivity contribution in [3.63, 3.8) is 0 Å². The fraction of sp³-hybridized carbons (Fsp3) is 0.462. The van der Waals surface area contributed by atoms with Crippen molar-refractivity contribution in [1.82, 2.24) is 5.32 Å². The fourth-order valence-electron chi connectivity index (χ4n) is 2.85. The first kappa shape index (κ1) is 11.4. The Hall–Kier alpha value is -0.730.